The Kier molecular flexibility index (Phi) is 22.9. The molecule has 2 nitrogen and oxygen atoms in total. The van der Waals surface area contributed by atoms with E-state index >= 15 is 0 Å². The Morgan fingerprint density at radius 2 is 0.349 bits per heavy atom. The molecule has 9 aromatic carbocycles. The fourth-order valence-corrected chi connectivity index (χ4v) is 13.5. The average molecular weight is 1010 g/mol. The van der Waals surface area contributed by atoms with Crippen LogP contribution in [-0.4, -0.2) is 5.97 Å². The van der Waals surface area contributed by atoms with Gasteiger partial charge in [0.05, 0.1) is 0 Å². The van der Waals surface area contributed by atoms with Gasteiger partial charge in [-0.1, -0.05) is 273 Å². The van der Waals surface area contributed by atoms with Gasteiger partial charge in [0.1, 0.15) is 0 Å². The van der Waals surface area contributed by atoms with Gasteiger partial charge in [-0.3, -0.25) is 0 Å². The molecule has 0 unspecified atom stereocenters. The van der Waals surface area contributed by atoms with Crippen molar-refractivity contribution in [3.63, 3.8) is 0 Å². The number of carboxylic acids is 1. The third-order valence-electron chi connectivity index (χ3n) is 9.13. The first-order valence-electron chi connectivity index (χ1n) is 20.1. The van der Waals surface area contributed by atoms with Crippen LogP contribution in [0.4, 0.5) is 0 Å². The summed E-state index contributed by atoms with van der Waals surface area (Å²) in [7, 11) is -1.34. The van der Waals surface area contributed by atoms with E-state index in [1.807, 2.05) is 0 Å². The van der Waals surface area contributed by atoms with Gasteiger partial charge in [-0.25, -0.2) is 0 Å². The Bertz CT molecular complexity index is 1980. The van der Waals surface area contributed by atoms with E-state index in [-0.39, 0.29) is 36.3 Å². The summed E-state index contributed by atoms with van der Waals surface area (Å²) in [5.41, 5.74) is 0. The smallest absolute Gasteiger partial charge is 0.550 e. The number of aliphatic carboxylic acids is 1. The molecule has 7 heteroatoms. The number of carboxylic acid groups (broad SMARTS) is 1. The molecule has 0 atom stereocenters. The van der Waals surface area contributed by atoms with Gasteiger partial charge in [-0.2, -0.15) is 0 Å². The van der Waals surface area contributed by atoms with Crippen molar-refractivity contribution in [1.29, 1.82) is 0 Å². The van der Waals surface area contributed by atoms with Gasteiger partial charge in [-0.05, 0) is 78.4 Å². The van der Waals surface area contributed by atoms with Crippen molar-refractivity contribution in [2.24, 2.45) is 0 Å². The topological polar surface area (TPSA) is 40.1 Å². The molecule has 9 aromatic rings. The molecule has 0 aliphatic rings. The van der Waals surface area contributed by atoms with Crippen LogP contribution in [-0.2, 0) is 41.1 Å². The summed E-state index contributed by atoms with van der Waals surface area (Å²) in [6, 6.07) is 97.0. The van der Waals surface area contributed by atoms with Gasteiger partial charge in [0.15, 0.2) is 0 Å². The summed E-state index contributed by atoms with van der Waals surface area (Å²) in [6.07, 6.45) is 0. The second kappa shape index (κ2) is 28.5. The van der Waals surface area contributed by atoms with E-state index in [1.165, 1.54) is 47.7 Å². The van der Waals surface area contributed by atoms with Crippen LogP contribution < -0.4 is 52.8 Å². The van der Waals surface area contributed by atoms with Crippen LogP contribution in [0.15, 0.2) is 273 Å². The SMILES string of the molecule is CC(=O)[O-].[Co].[Rh+].c1ccc(P(c2ccccc2)c2ccccc2)cc1.c1ccc(P(c2ccccc2)c2ccccc2)cc1.c1ccc(P(c2ccccc2)c2ccccc2)cc1. The number of carbonyl (C=O) groups is 1. The maximum Gasteiger partial charge on any atom is 1.00 e. The fourth-order valence-electron chi connectivity index (χ4n) is 6.54. The molecule has 0 aliphatic carbocycles. The van der Waals surface area contributed by atoms with E-state index in [0.29, 0.717) is 0 Å². The van der Waals surface area contributed by atoms with Crippen molar-refractivity contribution < 1.29 is 46.2 Å². The number of benzene rings is 9. The van der Waals surface area contributed by atoms with E-state index in [0.717, 1.165) is 6.92 Å². The largest absolute Gasteiger partial charge is 1.00 e. The van der Waals surface area contributed by atoms with Gasteiger partial charge in [0.25, 0.3) is 0 Å². The molecule has 0 fully saturated rings. The van der Waals surface area contributed by atoms with Crippen molar-refractivity contribution in [1.82, 2.24) is 0 Å². The van der Waals surface area contributed by atoms with E-state index in [9.17, 15) is 0 Å². The zero-order chi connectivity index (χ0) is 42.3. The molecule has 0 amide bonds. The first-order chi connectivity index (χ1) is 30.1. The zero-order valence-corrected chi connectivity index (χ0v) is 40.2. The fraction of sp³-hybridized carbons (Fsp3) is 0.0179. The minimum atomic E-state index is -1.08. The summed E-state index contributed by atoms with van der Waals surface area (Å²) >= 11 is 0. The number of hydrogen-bond donors (Lipinski definition) is 0. The molecule has 0 saturated heterocycles. The minimum absolute atomic E-state index is 0. The molecule has 317 valence electrons. The monoisotopic (exact) mass is 1010 g/mol. The molecule has 63 heavy (non-hydrogen) atoms. The van der Waals surface area contributed by atoms with Crippen LogP contribution in [0.5, 0.6) is 0 Å². The number of rotatable bonds is 9. The van der Waals surface area contributed by atoms with Gasteiger partial charge >= 0.3 is 19.5 Å². The van der Waals surface area contributed by atoms with Crippen LogP contribution in [0.25, 0.3) is 0 Å². The molecule has 0 bridgehead atoms. The van der Waals surface area contributed by atoms with E-state index < -0.39 is 29.7 Å². The summed E-state index contributed by atoms with van der Waals surface area (Å²) in [5.74, 6) is -1.08. The van der Waals surface area contributed by atoms with Gasteiger partial charge < -0.3 is 9.90 Å². The van der Waals surface area contributed by atoms with Crippen LogP contribution in [0.3, 0.4) is 0 Å². The van der Waals surface area contributed by atoms with Gasteiger partial charge in [-0.15, -0.1) is 0 Å². The predicted molar refractivity (Wildman–Crippen MR) is 266 cm³/mol. The molecular formula is C56H48CoO2P3Rh. The first-order valence-corrected chi connectivity index (χ1v) is 24.1. The van der Waals surface area contributed by atoms with Crippen molar-refractivity contribution in [3.05, 3.63) is 273 Å². The van der Waals surface area contributed by atoms with Gasteiger partial charge in [0.2, 0.25) is 0 Å². The molecule has 0 spiro atoms. The van der Waals surface area contributed by atoms with Crippen LogP contribution >= 0.6 is 23.8 Å². The Balaban J connectivity index is 0.000000196. The predicted octanol–water partition coefficient (Wildman–Crippen LogP) is 9.09. The molecule has 0 heterocycles. The summed E-state index contributed by atoms with van der Waals surface area (Å²) < 4.78 is 0. The summed E-state index contributed by atoms with van der Waals surface area (Å²) in [6.45, 7) is 0.972. The summed E-state index contributed by atoms with van der Waals surface area (Å²) in [5, 5.41) is 21.5. The molecule has 0 aliphatic heterocycles. The maximum absolute atomic E-state index is 8.89. The molecule has 0 aromatic heterocycles. The van der Waals surface area contributed by atoms with Crippen LogP contribution in [0.1, 0.15) is 6.92 Å². The van der Waals surface area contributed by atoms with Crippen molar-refractivity contribution in [2.45, 2.75) is 6.92 Å². The average Bonchev–Trinajstić information content (AvgIpc) is 3.33. The minimum Gasteiger partial charge on any atom is -0.550 e. The Morgan fingerprint density at radius 3 is 0.429 bits per heavy atom. The van der Waals surface area contributed by atoms with Crippen molar-refractivity contribution in [2.75, 3.05) is 0 Å². The first kappa shape index (κ1) is 50.5. The van der Waals surface area contributed by atoms with E-state index in [1.54, 1.807) is 0 Å². The number of carbonyl (C=O) groups excluding carboxylic acids is 1. The Hall–Kier alpha value is -5.13. The molecular weight excluding hydrogens is 959 g/mol. The second-order valence-electron chi connectivity index (χ2n) is 13.5. The second-order valence-corrected chi connectivity index (χ2v) is 20.2. The third-order valence-corrected chi connectivity index (χ3v) is 16.5. The zero-order valence-electron chi connectivity index (χ0n) is 34.8. The van der Waals surface area contributed by atoms with E-state index in [2.05, 4.69) is 273 Å². The van der Waals surface area contributed by atoms with Crippen molar-refractivity contribution >= 4 is 77.5 Å². The maximum atomic E-state index is 8.89. The van der Waals surface area contributed by atoms with Gasteiger partial charge in [0, 0.05) is 22.7 Å². The Morgan fingerprint density at radius 1 is 0.270 bits per heavy atom. The molecule has 0 N–H and O–H groups in total. The quantitative estimate of drug-likeness (QED) is 0.107. The van der Waals surface area contributed by atoms with Crippen molar-refractivity contribution in [3.8, 4) is 0 Å². The molecule has 9 rings (SSSR count). The third kappa shape index (κ3) is 16.2. The number of hydrogen-bond acceptors (Lipinski definition) is 2. The normalized spacial score (nSPS) is 9.97. The molecule has 0 saturated carbocycles. The Labute approximate surface area is 400 Å². The molecule has 1 radical (unpaired) electrons. The standard InChI is InChI=1S/3C18H15P.C2H4O2.Co.Rh/c3*1-4-10-16(11-5-1)19(17-12-6-2-7-13-17)18-14-8-3-9-15-18;1-2(3)4;;/h3*1-15H;1H3,(H,3,4);;/q;;;;;+1/p-1. The van der Waals surface area contributed by atoms with E-state index in [4.69, 9.17) is 9.90 Å². The van der Waals surface area contributed by atoms with Crippen LogP contribution in [0, 0.1) is 0 Å². The van der Waals surface area contributed by atoms with Crippen LogP contribution in [0.2, 0.25) is 0 Å². The summed E-state index contributed by atoms with van der Waals surface area (Å²) in [4.78, 5) is 8.89.